The minimum Gasteiger partial charge on any atom is -0.376 e. The van der Waals surface area contributed by atoms with Crippen LogP contribution in [0.3, 0.4) is 0 Å². The van der Waals surface area contributed by atoms with Crippen molar-refractivity contribution in [3.8, 4) is 0 Å². The number of rotatable bonds is 3. The average Bonchev–Trinajstić information content (AvgIpc) is 2.48. The second-order valence-corrected chi connectivity index (χ2v) is 4.13. The van der Waals surface area contributed by atoms with Crippen molar-refractivity contribution in [2.24, 2.45) is 5.73 Å². The van der Waals surface area contributed by atoms with Gasteiger partial charge in [-0.15, -0.1) is 11.3 Å². The SMILES string of the molecule is CCc1ccc(CNC(N)=S)s1. The zero-order chi connectivity index (χ0) is 8.97. The lowest BCUT2D eigenvalue weighted by Gasteiger charge is -1.99. The number of thiophene rings is 1. The summed E-state index contributed by atoms with van der Waals surface area (Å²) in [5.74, 6) is 0. The zero-order valence-corrected chi connectivity index (χ0v) is 8.60. The van der Waals surface area contributed by atoms with Gasteiger partial charge >= 0.3 is 0 Å². The molecule has 1 aromatic rings. The van der Waals surface area contributed by atoms with Gasteiger partial charge in [-0.1, -0.05) is 6.92 Å². The van der Waals surface area contributed by atoms with Crippen molar-refractivity contribution in [3.05, 3.63) is 21.9 Å². The van der Waals surface area contributed by atoms with E-state index in [4.69, 9.17) is 18.0 Å². The summed E-state index contributed by atoms with van der Waals surface area (Å²) >= 11 is 6.50. The normalized spacial score (nSPS) is 9.75. The van der Waals surface area contributed by atoms with E-state index < -0.39 is 0 Å². The van der Waals surface area contributed by atoms with Crippen LogP contribution in [0.15, 0.2) is 12.1 Å². The third-order valence-electron chi connectivity index (χ3n) is 1.50. The van der Waals surface area contributed by atoms with Crippen LogP contribution in [0, 0.1) is 0 Å². The molecule has 1 rings (SSSR count). The lowest BCUT2D eigenvalue weighted by molar-refractivity contribution is 0.940. The van der Waals surface area contributed by atoms with Crippen LogP contribution in [0.2, 0.25) is 0 Å². The van der Waals surface area contributed by atoms with E-state index in [0.717, 1.165) is 13.0 Å². The van der Waals surface area contributed by atoms with Crippen LogP contribution in [0.4, 0.5) is 0 Å². The largest absolute Gasteiger partial charge is 0.376 e. The molecule has 0 amide bonds. The van der Waals surface area contributed by atoms with Crippen LogP contribution in [0.25, 0.3) is 0 Å². The Morgan fingerprint density at radius 3 is 2.75 bits per heavy atom. The molecule has 1 aromatic heterocycles. The molecule has 12 heavy (non-hydrogen) atoms. The van der Waals surface area contributed by atoms with Gasteiger partial charge in [0.1, 0.15) is 0 Å². The molecule has 0 spiro atoms. The highest BCUT2D eigenvalue weighted by atomic mass is 32.1. The fourth-order valence-corrected chi connectivity index (χ4v) is 1.85. The Balaban J connectivity index is 2.47. The smallest absolute Gasteiger partial charge is 0.163 e. The number of hydrogen-bond acceptors (Lipinski definition) is 2. The van der Waals surface area contributed by atoms with Crippen LogP contribution in [0.5, 0.6) is 0 Å². The number of aryl methyl sites for hydroxylation is 1. The average molecular weight is 200 g/mol. The van der Waals surface area contributed by atoms with Gasteiger partial charge in [0.15, 0.2) is 5.11 Å². The van der Waals surface area contributed by atoms with Crippen molar-refractivity contribution in [1.82, 2.24) is 5.32 Å². The summed E-state index contributed by atoms with van der Waals surface area (Å²) in [6.45, 7) is 2.90. The first-order chi connectivity index (χ1) is 5.72. The van der Waals surface area contributed by atoms with E-state index in [1.807, 2.05) is 0 Å². The predicted molar refractivity (Wildman–Crippen MR) is 57.3 cm³/mol. The molecule has 3 N–H and O–H groups in total. The molecular weight excluding hydrogens is 188 g/mol. The maximum absolute atomic E-state index is 5.30. The molecule has 0 aromatic carbocycles. The van der Waals surface area contributed by atoms with Gasteiger partial charge in [0, 0.05) is 9.75 Å². The van der Waals surface area contributed by atoms with Crippen molar-refractivity contribution in [3.63, 3.8) is 0 Å². The third-order valence-corrected chi connectivity index (χ3v) is 2.88. The van der Waals surface area contributed by atoms with Crippen LogP contribution < -0.4 is 11.1 Å². The fourth-order valence-electron chi connectivity index (χ4n) is 0.882. The molecule has 0 fully saturated rings. The van der Waals surface area contributed by atoms with Gasteiger partial charge in [-0.3, -0.25) is 0 Å². The van der Waals surface area contributed by atoms with Gasteiger partial charge in [0.25, 0.3) is 0 Å². The zero-order valence-electron chi connectivity index (χ0n) is 6.96. The Bertz CT molecular complexity index is 268. The van der Waals surface area contributed by atoms with E-state index >= 15 is 0 Å². The van der Waals surface area contributed by atoms with Gasteiger partial charge in [-0.05, 0) is 30.8 Å². The molecule has 4 heteroatoms. The molecule has 0 aliphatic heterocycles. The van der Waals surface area contributed by atoms with Gasteiger partial charge < -0.3 is 11.1 Å². The predicted octanol–water partition coefficient (Wildman–Crippen LogP) is 1.64. The van der Waals surface area contributed by atoms with Crippen LogP contribution in [-0.4, -0.2) is 5.11 Å². The van der Waals surface area contributed by atoms with Gasteiger partial charge in [-0.25, -0.2) is 0 Å². The number of nitrogens with two attached hydrogens (primary N) is 1. The van der Waals surface area contributed by atoms with Crippen molar-refractivity contribution < 1.29 is 0 Å². The Kier molecular flexibility index (Phi) is 3.49. The molecule has 0 aliphatic carbocycles. The number of thiocarbonyl (C=S) groups is 1. The minimum absolute atomic E-state index is 0.362. The highest BCUT2D eigenvalue weighted by Gasteiger charge is 1.97. The summed E-state index contributed by atoms with van der Waals surface area (Å²) in [7, 11) is 0. The lowest BCUT2D eigenvalue weighted by atomic mass is 10.4. The second kappa shape index (κ2) is 4.42. The maximum Gasteiger partial charge on any atom is 0.163 e. The van der Waals surface area contributed by atoms with Crippen molar-refractivity contribution >= 4 is 28.7 Å². The lowest BCUT2D eigenvalue weighted by Crippen LogP contribution is -2.27. The Morgan fingerprint density at radius 1 is 1.58 bits per heavy atom. The summed E-state index contributed by atoms with van der Waals surface area (Å²) in [4.78, 5) is 2.68. The van der Waals surface area contributed by atoms with Crippen molar-refractivity contribution in [1.29, 1.82) is 0 Å². The highest BCUT2D eigenvalue weighted by molar-refractivity contribution is 7.80. The molecule has 1 heterocycles. The van der Waals surface area contributed by atoms with Crippen molar-refractivity contribution in [2.75, 3.05) is 0 Å². The van der Waals surface area contributed by atoms with E-state index in [-0.39, 0.29) is 0 Å². The maximum atomic E-state index is 5.30. The molecule has 0 aliphatic rings. The Hall–Kier alpha value is -0.610. The van der Waals surface area contributed by atoms with Crippen LogP contribution in [0.1, 0.15) is 16.7 Å². The fraction of sp³-hybridized carbons (Fsp3) is 0.375. The van der Waals surface area contributed by atoms with E-state index in [2.05, 4.69) is 24.4 Å². The molecule has 2 nitrogen and oxygen atoms in total. The summed E-state index contributed by atoms with van der Waals surface area (Å²) in [5.41, 5.74) is 5.30. The molecule has 0 saturated carbocycles. The minimum atomic E-state index is 0.362. The summed E-state index contributed by atoms with van der Waals surface area (Å²) < 4.78 is 0. The summed E-state index contributed by atoms with van der Waals surface area (Å²) in [5, 5.41) is 3.28. The number of hydrogen-bond donors (Lipinski definition) is 2. The van der Waals surface area contributed by atoms with E-state index in [1.54, 1.807) is 11.3 Å². The summed E-state index contributed by atoms with van der Waals surface area (Å²) in [6, 6.07) is 4.25. The van der Waals surface area contributed by atoms with Crippen LogP contribution in [-0.2, 0) is 13.0 Å². The second-order valence-electron chi connectivity index (χ2n) is 2.44. The van der Waals surface area contributed by atoms with Crippen molar-refractivity contribution in [2.45, 2.75) is 19.9 Å². The van der Waals surface area contributed by atoms with Crippen LogP contribution >= 0.6 is 23.6 Å². The topological polar surface area (TPSA) is 38.0 Å². The standard InChI is InChI=1S/C8H12N2S2/c1-2-6-3-4-7(12-6)5-10-8(9)11/h3-4H,2,5H2,1H3,(H3,9,10,11). The molecule has 0 bridgehead atoms. The first-order valence-electron chi connectivity index (χ1n) is 3.83. The Morgan fingerprint density at radius 2 is 2.25 bits per heavy atom. The van der Waals surface area contributed by atoms with Gasteiger partial charge in [0.2, 0.25) is 0 Å². The third kappa shape index (κ3) is 2.79. The quantitative estimate of drug-likeness (QED) is 0.729. The Labute approximate surface area is 81.8 Å². The first kappa shape index (κ1) is 9.48. The van der Waals surface area contributed by atoms with E-state index in [0.29, 0.717) is 5.11 Å². The highest BCUT2D eigenvalue weighted by Crippen LogP contribution is 2.16. The first-order valence-corrected chi connectivity index (χ1v) is 5.05. The van der Waals surface area contributed by atoms with Gasteiger partial charge in [-0.2, -0.15) is 0 Å². The molecule has 66 valence electrons. The molecule has 0 atom stereocenters. The monoisotopic (exact) mass is 200 g/mol. The van der Waals surface area contributed by atoms with E-state index in [9.17, 15) is 0 Å². The molecule has 0 unspecified atom stereocenters. The molecule has 0 radical (unpaired) electrons. The van der Waals surface area contributed by atoms with Gasteiger partial charge in [0.05, 0.1) is 6.54 Å². The number of nitrogens with one attached hydrogen (secondary N) is 1. The molecular formula is C8H12N2S2. The molecule has 0 saturated heterocycles. The van der Waals surface area contributed by atoms with E-state index in [1.165, 1.54) is 9.75 Å². The summed E-state index contributed by atoms with van der Waals surface area (Å²) in [6.07, 6.45) is 1.09.